The van der Waals surface area contributed by atoms with Gasteiger partial charge in [0.25, 0.3) is 0 Å². The molecule has 0 aromatic rings. The summed E-state index contributed by atoms with van der Waals surface area (Å²) >= 11 is 0. The molecule has 1 unspecified atom stereocenters. The average molecular weight is 258 g/mol. The number of unbranched alkanes of at least 4 members (excludes halogenated alkanes) is 6. The molecule has 0 amide bonds. The number of rotatable bonds is 11. The molecule has 18 heavy (non-hydrogen) atoms. The molecule has 0 rings (SSSR count). The topological polar surface area (TPSA) is 26.3 Å². The van der Waals surface area contributed by atoms with Gasteiger partial charge >= 0.3 is 5.97 Å². The fourth-order valence-electron chi connectivity index (χ4n) is 1.70. The van der Waals surface area contributed by atoms with Crippen LogP contribution in [0.1, 0.15) is 65.2 Å². The summed E-state index contributed by atoms with van der Waals surface area (Å²) in [5.74, 6) is -0.503. The zero-order chi connectivity index (χ0) is 13.8. The lowest BCUT2D eigenvalue weighted by Gasteiger charge is -2.09. The van der Waals surface area contributed by atoms with E-state index in [9.17, 15) is 9.18 Å². The first kappa shape index (κ1) is 17.1. The van der Waals surface area contributed by atoms with Crippen molar-refractivity contribution >= 4 is 5.97 Å². The van der Waals surface area contributed by atoms with Gasteiger partial charge in [0.2, 0.25) is 0 Å². The van der Waals surface area contributed by atoms with Crippen molar-refractivity contribution in [3.05, 3.63) is 12.2 Å². The molecule has 106 valence electrons. The number of alkyl halides is 1. The summed E-state index contributed by atoms with van der Waals surface area (Å²) in [6, 6.07) is 0. The summed E-state index contributed by atoms with van der Waals surface area (Å²) in [6.07, 6.45) is 7.64. The van der Waals surface area contributed by atoms with Gasteiger partial charge in [0.15, 0.2) is 0 Å². The Labute approximate surface area is 111 Å². The molecular formula is C15H27FO2. The fraction of sp³-hybridized carbons (Fsp3) is 0.800. The predicted octanol–water partition coefficient (Wildman–Crippen LogP) is 4.58. The maximum atomic E-state index is 13.3. The van der Waals surface area contributed by atoms with Crippen molar-refractivity contribution < 1.29 is 13.9 Å². The molecule has 2 nitrogen and oxygen atoms in total. The van der Waals surface area contributed by atoms with Crippen LogP contribution in [0.4, 0.5) is 4.39 Å². The van der Waals surface area contributed by atoms with Gasteiger partial charge < -0.3 is 4.74 Å². The summed E-state index contributed by atoms with van der Waals surface area (Å²) < 4.78 is 18.1. The van der Waals surface area contributed by atoms with E-state index in [-0.39, 0.29) is 6.61 Å². The number of carbonyl (C=O) groups excluding carboxylic acids is 1. The second-order valence-electron chi connectivity index (χ2n) is 4.89. The van der Waals surface area contributed by atoms with Crippen LogP contribution in [0, 0.1) is 0 Å². The van der Waals surface area contributed by atoms with Crippen LogP contribution in [-0.2, 0) is 9.53 Å². The SMILES string of the molecule is C=C(C)C(=O)OCC(F)CCCCCCCCC. The summed E-state index contributed by atoms with van der Waals surface area (Å²) in [4.78, 5) is 11.0. The minimum Gasteiger partial charge on any atom is -0.459 e. The van der Waals surface area contributed by atoms with E-state index >= 15 is 0 Å². The minimum atomic E-state index is -1.04. The van der Waals surface area contributed by atoms with Crippen molar-refractivity contribution in [3.63, 3.8) is 0 Å². The van der Waals surface area contributed by atoms with Crippen molar-refractivity contribution in [1.82, 2.24) is 0 Å². The zero-order valence-electron chi connectivity index (χ0n) is 11.8. The molecule has 0 radical (unpaired) electrons. The van der Waals surface area contributed by atoms with Crippen molar-refractivity contribution in [2.24, 2.45) is 0 Å². The third-order valence-electron chi connectivity index (χ3n) is 2.86. The summed E-state index contributed by atoms with van der Waals surface area (Å²) in [6.45, 7) is 7.07. The molecule has 0 spiro atoms. The van der Waals surface area contributed by atoms with E-state index in [0.29, 0.717) is 12.0 Å². The quantitative estimate of drug-likeness (QED) is 0.308. The number of esters is 1. The molecule has 0 aliphatic carbocycles. The Kier molecular flexibility index (Phi) is 10.7. The van der Waals surface area contributed by atoms with Gasteiger partial charge in [0.05, 0.1) is 0 Å². The number of carbonyl (C=O) groups is 1. The number of hydrogen-bond acceptors (Lipinski definition) is 2. The number of halogens is 1. The second-order valence-corrected chi connectivity index (χ2v) is 4.89. The number of ether oxygens (including phenoxy) is 1. The first-order valence-corrected chi connectivity index (χ1v) is 7.04. The third-order valence-corrected chi connectivity index (χ3v) is 2.86. The summed E-state index contributed by atoms with van der Waals surface area (Å²) in [7, 11) is 0. The summed E-state index contributed by atoms with van der Waals surface area (Å²) in [5.41, 5.74) is 0.318. The molecule has 0 saturated carbocycles. The van der Waals surface area contributed by atoms with Crippen molar-refractivity contribution in [3.8, 4) is 0 Å². The van der Waals surface area contributed by atoms with E-state index in [2.05, 4.69) is 13.5 Å². The maximum absolute atomic E-state index is 13.3. The van der Waals surface area contributed by atoms with Gasteiger partial charge in [-0.1, -0.05) is 58.4 Å². The van der Waals surface area contributed by atoms with Crippen LogP contribution in [0.5, 0.6) is 0 Å². The zero-order valence-corrected chi connectivity index (χ0v) is 11.8. The lowest BCUT2D eigenvalue weighted by Crippen LogP contribution is -2.15. The molecule has 0 N–H and O–H groups in total. The lowest BCUT2D eigenvalue weighted by atomic mass is 10.1. The molecule has 0 aromatic heterocycles. The largest absolute Gasteiger partial charge is 0.459 e. The average Bonchev–Trinajstić information content (AvgIpc) is 2.34. The Hall–Kier alpha value is -0.860. The van der Waals surface area contributed by atoms with Crippen molar-refractivity contribution in [1.29, 1.82) is 0 Å². The molecule has 0 bridgehead atoms. The second kappa shape index (κ2) is 11.2. The Balaban J connectivity index is 3.34. The van der Waals surface area contributed by atoms with Crippen LogP contribution in [0.3, 0.4) is 0 Å². The van der Waals surface area contributed by atoms with E-state index in [4.69, 9.17) is 4.74 Å². The van der Waals surface area contributed by atoms with Crippen LogP contribution < -0.4 is 0 Å². The molecule has 0 aliphatic rings. The highest BCUT2D eigenvalue weighted by molar-refractivity contribution is 5.86. The van der Waals surface area contributed by atoms with Gasteiger partial charge in [0.1, 0.15) is 12.8 Å². The van der Waals surface area contributed by atoms with Gasteiger partial charge in [-0.15, -0.1) is 0 Å². The van der Waals surface area contributed by atoms with Gasteiger partial charge in [-0.2, -0.15) is 0 Å². The minimum absolute atomic E-state index is 0.137. The standard InChI is InChI=1S/C15H27FO2/c1-4-5-6-7-8-9-10-11-14(16)12-18-15(17)13(2)3/h14H,2,4-12H2,1,3H3. The van der Waals surface area contributed by atoms with Crippen LogP contribution in [-0.4, -0.2) is 18.7 Å². The number of hydrogen-bond donors (Lipinski definition) is 0. The van der Waals surface area contributed by atoms with Gasteiger partial charge in [-0.25, -0.2) is 9.18 Å². The van der Waals surface area contributed by atoms with Crippen LogP contribution >= 0.6 is 0 Å². The highest BCUT2D eigenvalue weighted by atomic mass is 19.1. The Morgan fingerprint density at radius 2 is 1.72 bits per heavy atom. The molecule has 0 saturated heterocycles. The van der Waals surface area contributed by atoms with Crippen molar-refractivity contribution in [2.75, 3.05) is 6.61 Å². The van der Waals surface area contributed by atoms with Crippen molar-refractivity contribution in [2.45, 2.75) is 71.4 Å². The first-order chi connectivity index (χ1) is 8.57. The normalized spacial score (nSPS) is 12.2. The lowest BCUT2D eigenvalue weighted by molar-refractivity contribution is -0.140. The monoisotopic (exact) mass is 258 g/mol. The van der Waals surface area contributed by atoms with E-state index in [1.54, 1.807) is 6.92 Å². The molecule has 0 fully saturated rings. The van der Waals surface area contributed by atoms with Gasteiger partial charge in [-0.05, 0) is 13.3 Å². The predicted molar refractivity (Wildman–Crippen MR) is 73.3 cm³/mol. The van der Waals surface area contributed by atoms with E-state index in [1.807, 2.05) is 0 Å². The third kappa shape index (κ3) is 10.3. The Bertz CT molecular complexity index is 239. The molecule has 0 aliphatic heterocycles. The van der Waals surface area contributed by atoms with E-state index in [0.717, 1.165) is 12.8 Å². The molecule has 0 aromatic carbocycles. The van der Waals surface area contributed by atoms with Crippen LogP contribution in [0.25, 0.3) is 0 Å². The maximum Gasteiger partial charge on any atom is 0.333 e. The Morgan fingerprint density at radius 1 is 1.17 bits per heavy atom. The van der Waals surface area contributed by atoms with Crippen LogP contribution in [0.2, 0.25) is 0 Å². The highest BCUT2D eigenvalue weighted by Gasteiger charge is 2.10. The van der Waals surface area contributed by atoms with E-state index in [1.165, 1.54) is 32.1 Å². The van der Waals surface area contributed by atoms with Crippen LogP contribution in [0.15, 0.2) is 12.2 Å². The van der Waals surface area contributed by atoms with Gasteiger partial charge in [-0.3, -0.25) is 0 Å². The first-order valence-electron chi connectivity index (χ1n) is 7.04. The van der Waals surface area contributed by atoms with Gasteiger partial charge in [0, 0.05) is 5.57 Å². The fourth-order valence-corrected chi connectivity index (χ4v) is 1.70. The molecular weight excluding hydrogens is 231 g/mol. The molecule has 3 heteroatoms. The van der Waals surface area contributed by atoms with E-state index < -0.39 is 12.1 Å². The highest BCUT2D eigenvalue weighted by Crippen LogP contribution is 2.11. The smallest absolute Gasteiger partial charge is 0.333 e. The summed E-state index contributed by atoms with van der Waals surface area (Å²) in [5, 5.41) is 0. The molecule has 0 heterocycles. The molecule has 1 atom stereocenters. The Morgan fingerprint density at radius 3 is 2.28 bits per heavy atom.